The normalized spacial score (nSPS) is 11.7. The lowest BCUT2D eigenvalue weighted by Gasteiger charge is -2.18. The quantitative estimate of drug-likeness (QED) is 0.609. The molecule has 0 atom stereocenters. The molecule has 0 bridgehead atoms. The molecule has 1 aromatic carbocycles. The highest BCUT2D eigenvalue weighted by Crippen LogP contribution is 2.21. The van der Waals surface area contributed by atoms with Gasteiger partial charge in [-0.2, -0.15) is 5.10 Å². The van der Waals surface area contributed by atoms with Crippen molar-refractivity contribution in [2.75, 3.05) is 25.1 Å². The molecule has 160 valence electrons. The third kappa shape index (κ3) is 7.18. The number of hydrogen-bond donors (Lipinski definition) is 1. The molecular weight excluding hydrogens is 370 g/mol. The Bertz CT molecular complexity index is 790. The van der Waals surface area contributed by atoms with E-state index in [2.05, 4.69) is 31.2 Å². The molecule has 1 N–H and O–H groups in total. The number of nitrogens with zero attached hydrogens (tertiary/aromatic N) is 2. The number of ether oxygens (including phenoxy) is 3. The Labute approximate surface area is 173 Å². The van der Waals surface area contributed by atoms with E-state index in [1.807, 2.05) is 49.8 Å². The first-order valence-electron chi connectivity index (χ1n) is 10.0. The molecule has 0 fully saturated rings. The second-order valence-corrected chi connectivity index (χ2v) is 7.82. The molecule has 0 saturated heterocycles. The van der Waals surface area contributed by atoms with Crippen LogP contribution in [0.1, 0.15) is 45.7 Å². The van der Waals surface area contributed by atoms with E-state index in [9.17, 15) is 4.79 Å². The molecule has 0 spiro atoms. The molecule has 1 heterocycles. The Hall–Kier alpha value is -2.38. The lowest BCUT2D eigenvalue weighted by atomic mass is 10.1. The zero-order chi connectivity index (χ0) is 21.4. The first kappa shape index (κ1) is 22.9. The van der Waals surface area contributed by atoms with E-state index in [1.165, 1.54) is 0 Å². The van der Waals surface area contributed by atoms with Crippen LogP contribution >= 0.6 is 0 Å². The van der Waals surface area contributed by atoms with Gasteiger partial charge in [-0.15, -0.1) is 0 Å². The topological polar surface area (TPSA) is 74.6 Å². The van der Waals surface area contributed by atoms with E-state index in [1.54, 1.807) is 6.20 Å². The Morgan fingerprint density at radius 2 is 1.90 bits per heavy atom. The molecule has 0 aliphatic heterocycles. The molecule has 0 aliphatic carbocycles. The van der Waals surface area contributed by atoms with Crippen LogP contribution in [0.2, 0.25) is 0 Å². The number of rotatable bonds is 10. The van der Waals surface area contributed by atoms with E-state index in [4.69, 9.17) is 14.2 Å². The summed E-state index contributed by atoms with van der Waals surface area (Å²) < 4.78 is 18.6. The van der Waals surface area contributed by atoms with Crippen LogP contribution < -0.4 is 10.1 Å². The fraction of sp³-hybridized carbons (Fsp3) is 0.545. The van der Waals surface area contributed by atoms with Gasteiger partial charge in [0, 0.05) is 19.4 Å². The zero-order valence-corrected chi connectivity index (χ0v) is 18.3. The Balaban J connectivity index is 1.92. The zero-order valence-electron chi connectivity index (χ0n) is 18.3. The van der Waals surface area contributed by atoms with Crippen LogP contribution in [0.4, 0.5) is 5.69 Å². The van der Waals surface area contributed by atoms with E-state index < -0.39 is 0 Å². The summed E-state index contributed by atoms with van der Waals surface area (Å²) in [4.78, 5) is 12.4. The minimum absolute atomic E-state index is 0.0840. The van der Waals surface area contributed by atoms with Crippen molar-refractivity contribution >= 4 is 11.6 Å². The molecule has 7 nitrogen and oxygen atoms in total. The Morgan fingerprint density at radius 1 is 1.21 bits per heavy atom. The third-order valence-electron chi connectivity index (χ3n) is 4.24. The summed E-state index contributed by atoms with van der Waals surface area (Å²) in [6.07, 6.45) is 3.40. The molecule has 0 radical (unpaired) electrons. The molecular formula is C22H33N3O4. The summed E-state index contributed by atoms with van der Waals surface area (Å²) in [6, 6.07) is 5.74. The van der Waals surface area contributed by atoms with Crippen molar-refractivity contribution < 1.29 is 19.0 Å². The van der Waals surface area contributed by atoms with Gasteiger partial charge in [-0.25, -0.2) is 0 Å². The highest BCUT2D eigenvalue weighted by Gasteiger charge is 2.15. The Kier molecular flexibility index (Phi) is 8.22. The van der Waals surface area contributed by atoms with E-state index >= 15 is 0 Å². The maximum Gasteiger partial charge on any atom is 0.228 e. The maximum atomic E-state index is 12.4. The van der Waals surface area contributed by atoms with Crippen LogP contribution in [0.25, 0.3) is 0 Å². The number of aromatic nitrogens is 2. The summed E-state index contributed by atoms with van der Waals surface area (Å²) in [5.41, 5.74) is 2.45. The van der Waals surface area contributed by atoms with Gasteiger partial charge in [-0.05, 0) is 58.7 Å². The fourth-order valence-corrected chi connectivity index (χ4v) is 2.80. The van der Waals surface area contributed by atoms with Crippen LogP contribution in [-0.4, -0.2) is 41.8 Å². The van der Waals surface area contributed by atoms with Crippen LogP contribution in [0.3, 0.4) is 0 Å². The average Bonchev–Trinajstić information content (AvgIpc) is 3.10. The highest BCUT2D eigenvalue weighted by atomic mass is 16.7. The summed E-state index contributed by atoms with van der Waals surface area (Å²) in [7, 11) is 0. The molecule has 0 unspecified atom stereocenters. The van der Waals surface area contributed by atoms with Crippen molar-refractivity contribution in [1.29, 1.82) is 0 Å². The number of anilines is 1. The molecule has 29 heavy (non-hydrogen) atoms. The number of carbonyl (C=O) groups excluding carboxylic acids is 1. The summed E-state index contributed by atoms with van der Waals surface area (Å²) >= 11 is 0. The van der Waals surface area contributed by atoms with E-state index in [0.29, 0.717) is 25.5 Å². The minimum atomic E-state index is -0.385. The van der Waals surface area contributed by atoms with Crippen LogP contribution in [0.5, 0.6) is 5.75 Å². The number of hydrogen-bond acceptors (Lipinski definition) is 5. The number of benzene rings is 1. The predicted octanol–water partition coefficient (Wildman–Crippen LogP) is 3.91. The molecule has 2 rings (SSSR count). The van der Waals surface area contributed by atoms with Gasteiger partial charge in [0.15, 0.2) is 6.29 Å². The number of carbonyl (C=O) groups is 1. The fourth-order valence-electron chi connectivity index (χ4n) is 2.80. The number of nitrogens with one attached hydrogen (secondary N) is 1. The molecule has 0 saturated carbocycles. The first-order chi connectivity index (χ1) is 13.7. The number of amides is 1. The van der Waals surface area contributed by atoms with E-state index in [-0.39, 0.29) is 24.2 Å². The molecule has 1 amide bonds. The van der Waals surface area contributed by atoms with Gasteiger partial charge in [0.1, 0.15) is 12.4 Å². The average molecular weight is 404 g/mol. The largest absolute Gasteiger partial charge is 0.488 e. The van der Waals surface area contributed by atoms with Gasteiger partial charge in [0.05, 0.1) is 23.8 Å². The predicted molar refractivity (Wildman–Crippen MR) is 113 cm³/mol. The van der Waals surface area contributed by atoms with Gasteiger partial charge in [-0.1, -0.05) is 12.1 Å². The third-order valence-corrected chi connectivity index (χ3v) is 4.24. The molecule has 2 aromatic rings. The minimum Gasteiger partial charge on any atom is -0.488 e. The molecule has 7 heteroatoms. The summed E-state index contributed by atoms with van der Waals surface area (Å²) in [5, 5.41) is 7.20. The van der Waals surface area contributed by atoms with Gasteiger partial charge in [-0.3, -0.25) is 9.48 Å². The van der Waals surface area contributed by atoms with Crippen molar-refractivity contribution in [3.8, 4) is 5.75 Å². The van der Waals surface area contributed by atoms with Crippen molar-refractivity contribution in [2.45, 2.75) is 59.8 Å². The summed E-state index contributed by atoms with van der Waals surface area (Å²) in [5.74, 6) is 0.671. The molecule has 1 aromatic heterocycles. The molecule has 0 aliphatic rings. The van der Waals surface area contributed by atoms with Crippen molar-refractivity contribution in [3.63, 3.8) is 0 Å². The van der Waals surface area contributed by atoms with Gasteiger partial charge in [0.2, 0.25) is 5.91 Å². The van der Waals surface area contributed by atoms with E-state index in [0.717, 1.165) is 16.9 Å². The van der Waals surface area contributed by atoms with Crippen molar-refractivity contribution in [1.82, 2.24) is 9.78 Å². The SMILES string of the molecule is CCOC(COc1ccc(CC(=O)Nc2cnn(C(C)(C)C)c2)cc1C)OCC. The lowest BCUT2D eigenvalue weighted by molar-refractivity contribution is -0.152. The van der Waals surface area contributed by atoms with Crippen LogP contribution in [0, 0.1) is 6.92 Å². The van der Waals surface area contributed by atoms with Crippen LogP contribution in [0.15, 0.2) is 30.6 Å². The summed E-state index contributed by atoms with van der Waals surface area (Å²) in [6.45, 7) is 13.4. The van der Waals surface area contributed by atoms with Gasteiger partial charge in [0.25, 0.3) is 0 Å². The highest BCUT2D eigenvalue weighted by molar-refractivity contribution is 5.92. The standard InChI is InChI=1S/C22H33N3O4/c1-7-27-21(28-8-2)15-29-19-10-9-17(11-16(19)3)12-20(26)24-18-13-23-25(14-18)22(4,5)6/h9-11,13-14,21H,7-8,12,15H2,1-6H3,(H,24,26). The van der Waals surface area contributed by atoms with Gasteiger partial charge >= 0.3 is 0 Å². The van der Waals surface area contributed by atoms with Gasteiger partial charge < -0.3 is 19.5 Å². The van der Waals surface area contributed by atoms with Crippen LogP contribution in [-0.2, 0) is 26.2 Å². The number of aryl methyl sites for hydroxylation is 1. The second kappa shape index (κ2) is 10.4. The first-order valence-corrected chi connectivity index (χ1v) is 10.0. The smallest absolute Gasteiger partial charge is 0.228 e. The van der Waals surface area contributed by atoms with Crippen molar-refractivity contribution in [3.05, 3.63) is 41.7 Å². The second-order valence-electron chi connectivity index (χ2n) is 7.82. The Morgan fingerprint density at radius 3 is 2.45 bits per heavy atom. The monoisotopic (exact) mass is 403 g/mol. The van der Waals surface area contributed by atoms with Crippen molar-refractivity contribution in [2.24, 2.45) is 0 Å². The maximum absolute atomic E-state index is 12.4. The lowest BCUT2D eigenvalue weighted by Crippen LogP contribution is -2.25.